The van der Waals surface area contributed by atoms with Gasteiger partial charge in [0.2, 0.25) is 0 Å². The molecule has 4 heteroatoms. The number of nitriles is 1. The number of hydrogen-bond donors (Lipinski definition) is 1. The van der Waals surface area contributed by atoms with Gasteiger partial charge >= 0.3 is 5.97 Å². The molecule has 0 saturated heterocycles. The van der Waals surface area contributed by atoms with Gasteiger partial charge in [0.05, 0.1) is 5.56 Å². The fraction of sp³-hybridized carbons (Fsp3) is 0.300. The maximum absolute atomic E-state index is 10.7. The maximum Gasteiger partial charge on any atom is 0.335 e. The Kier molecular flexibility index (Phi) is 2.82. The van der Waals surface area contributed by atoms with E-state index < -0.39 is 5.97 Å². The summed E-state index contributed by atoms with van der Waals surface area (Å²) >= 11 is 0. The van der Waals surface area contributed by atoms with E-state index in [1.807, 2.05) is 19.9 Å². The monoisotopic (exact) mass is 190 g/mol. The first kappa shape index (κ1) is 10.2. The minimum atomic E-state index is -1.04. The second kappa shape index (κ2) is 3.88. The van der Waals surface area contributed by atoms with Gasteiger partial charge in [0, 0.05) is 5.69 Å². The molecule has 1 aromatic rings. The first-order valence-electron chi connectivity index (χ1n) is 4.20. The van der Waals surface area contributed by atoms with Crippen molar-refractivity contribution in [1.29, 1.82) is 5.26 Å². The van der Waals surface area contributed by atoms with E-state index >= 15 is 0 Å². The molecule has 1 N–H and O–H groups in total. The number of nitrogens with zero attached hydrogens (tertiary/aromatic N) is 2. The first-order valence-corrected chi connectivity index (χ1v) is 4.20. The highest BCUT2D eigenvalue weighted by molar-refractivity contribution is 5.88. The molecule has 14 heavy (non-hydrogen) atoms. The first-order chi connectivity index (χ1) is 6.54. The van der Waals surface area contributed by atoms with Crippen molar-refractivity contribution in [3.8, 4) is 6.07 Å². The number of carboxylic acids is 1. The van der Waals surface area contributed by atoms with Gasteiger partial charge in [0.15, 0.2) is 0 Å². The SMILES string of the molecule is CC(C)c1cc(C(=O)O)cc(C#N)n1. The quantitative estimate of drug-likeness (QED) is 0.771. The van der Waals surface area contributed by atoms with E-state index in [-0.39, 0.29) is 17.2 Å². The van der Waals surface area contributed by atoms with Crippen LogP contribution in [0.5, 0.6) is 0 Å². The van der Waals surface area contributed by atoms with Crippen molar-refractivity contribution < 1.29 is 9.90 Å². The average Bonchev–Trinajstić information content (AvgIpc) is 2.16. The molecule has 0 amide bonds. The topological polar surface area (TPSA) is 74.0 Å². The Morgan fingerprint density at radius 1 is 1.57 bits per heavy atom. The van der Waals surface area contributed by atoms with Gasteiger partial charge < -0.3 is 5.11 Å². The third-order valence-corrected chi connectivity index (χ3v) is 1.80. The molecule has 0 aliphatic rings. The number of hydrogen-bond acceptors (Lipinski definition) is 3. The van der Waals surface area contributed by atoms with E-state index in [0.717, 1.165) is 0 Å². The summed E-state index contributed by atoms with van der Waals surface area (Å²) < 4.78 is 0. The number of aromatic nitrogens is 1. The maximum atomic E-state index is 10.7. The third kappa shape index (κ3) is 2.07. The highest BCUT2D eigenvalue weighted by atomic mass is 16.4. The lowest BCUT2D eigenvalue weighted by Gasteiger charge is -2.05. The predicted molar refractivity (Wildman–Crippen MR) is 50.0 cm³/mol. The summed E-state index contributed by atoms with van der Waals surface area (Å²) in [6.45, 7) is 3.80. The molecule has 0 spiro atoms. The molecule has 1 heterocycles. The number of pyridine rings is 1. The van der Waals surface area contributed by atoms with Crippen LogP contribution >= 0.6 is 0 Å². The van der Waals surface area contributed by atoms with Crippen LogP contribution in [0.25, 0.3) is 0 Å². The highest BCUT2D eigenvalue weighted by Gasteiger charge is 2.10. The van der Waals surface area contributed by atoms with Crippen LogP contribution in [0, 0.1) is 11.3 Å². The Hall–Kier alpha value is -1.89. The molecule has 0 aliphatic carbocycles. The summed E-state index contributed by atoms with van der Waals surface area (Å²) in [6, 6.07) is 4.61. The molecule has 0 radical (unpaired) electrons. The molecule has 0 bridgehead atoms. The fourth-order valence-electron chi connectivity index (χ4n) is 1.03. The number of carboxylic acid groups (broad SMARTS) is 1. The van der Waals surface area contributed by atoms with Gasteiger partial charge in [0.25, 0.3) is 0 Å². The van der Waals surface area contributed by atoms with Gasteiger partial charge in [-0.1, -0.05) is 13.8 Å². The van der Waals surface area contributed by atoms with E-state index in [1.165, 1.54) is 12.1 Å². The van der Waals surface area contributed by atoms with E-state index in [9.17, 15) is 4.79 Å². The summed E-state index contributed by atoms with van der Waals surface area (Å²) in [5.74, 6) is -0.924. The van der Waals surface area contributed by atoms with Crippen LogP contribution < -0.4 is 0 Å². The number of carbonyl (C=O) groups is 1. The minimum absolute atomic E-state index is 0.111. The Balaban J connectivity index is 3.29. The summed E-state index contributed by atoms with van der Waals surface area (Å²) in [4.78, 5) is 14.7. The van der Waals surface area contributed by atoms with Gasteiger partial charge in [-0.3, -0.25) is 0 Å². The van der Waals surface area contributed by atoms with Crippen LogP contribution in [0.1, 0.15) is 41.5 Å². The molecular formula is C10H10N2O2. The van der Waals surface area contributed by atoms with Gasteiger partial charge in [-0.2, -0.15) is 5.26 Å². The molecule has 4 nitrogen and oxygen atoms in total. The zero-order valence-corrected chi connectivity index (χ0v) is 7.98. The minimum Gasteiger partial charge on any atom is -0.478 e. The van der Waals surface area contributed by atoms with Gasteiger partial charge in [-0.05, 0) is 18.1 Å². The third-order valence-electron chi connectivity index (χ3n) is 1.80. The predicted octanol–water partition coefficient (Wildman–Crippen LogP) is 1.77. The smallest absolute Gasteiger partial charge is 0.335 e. The fourth-order valence-corrected chi connectivity index (χ4v) is 1.03. The molecule has 1 aromatic heterocycles. The molecule has 0 unspecified atom stereocenters. The molecule has 0 fully saturated rings. The van der Waals surface area contributed by atoms with Crippen molar-refractivity contribution in [2.75, 3.05) is 0 Å². The zero-order valence-electron chi connectivity index (χ0n) is 7.98. The van der Waals surface area contributed by atoms with Crippen molar-refractivity contribution in [2.45, 2.75) is 19.8 Å². The van der Waals surface area contributed by atoms with E-state index in [2.05, 4.69) is 4.98 Å². The van der Waals surface area contributed by atoms with E-state index in [0.29, 0.717) is 5.69 Å². The molecule has 0 aromatic carbocycles. The summed E-state index contributed by atoms with van der Waals surface area (Å²) in [7, 11) is 0. The lowest BCUT2D eigenvalue weighted by atomic mass is 10.1. The van der Waals surface area contributed by atoms with Gasteiger partial charge in [-0.15, -0.1) is 0 Å². The second-order valence-corrected chi connectivity index (χ2v) is 3.24. The summed E-state index contributed by atoms with van der Waals surface area (Å²) in [6.07, 6.45) is 0. The molecular weight excluding hydrogens is 180 g/mol. The van der Waals surface area contributed by atoms with Crippen LogP contribution in [0.4, 0.5) is 0 Å². The number of aromatic carboxylic acids is 1. The largest absolute Gasteiger partial charge is 0.478 e. The second-order valence-electron chi connectivity index (χ2n) is 3.24. The molecule has 0 atom stereocenters. The van der Waals surface area contributed by atoms with Crippen LogP contribution in [0.3, 0.4) is 0 Å². The summed E-state index contributed by atoms with van der Waals surface area (Å²) in [5.41, 5.74) is 0.885. The standard InChI is InChI=1S/C10H10N2O2/c1-6(2)9-4-7(10(13)14)3-8(5-11)12-9/h3-4,6H,1-2H3,(H,13,14). The zero-order chi connectivity index (χ0) is 10.7. The van der Waals surface area contributed by atoms with Gasteiger partial charge in [0.1, 0.15) is 11.8 Å². The molecule has 1 rings (SSSR count). The van der Waals surface area contributed by atoms with Crippen LogP contribution in [-0.4, -0.2) is 16.1 Å². The van der Waals surface area contributed by atoms with E-state index in [4.69, 9.17) is 10.4 Å². The van der Waals surface area contributed by atoms with Crippen molar-refractivity contribution in [3.63, 3.8) is 0 Å². The van der Waals surface area contributed by atoms with Crippen molar-refractivity contribution >= 4 is 5.97 Å². The Morgan fingerprint density at radius 3 is 2.64 bits per heavy atom. The van der Waals surface area contributed by atoms with Crippen LogP contribution in [0.2, 0.25) is 0 Å². The average molecular weight is 190 g/mol. The Labute approximate surface area is 81.8 Å². The Morgan fingerprint density at radius 2 is 2.21 bits per heavy atom. The highest BCUT2D eigenvalue weighted by Crippen LogP contribution is 2.14. The summed E-state index contributed by atoms with van der Waals surface area (Å²) in [5, 5.41) is 17.4. The Bertz CT molecular complexity index is 405. The molecule has 0 saturated carbocycles. The lowest BCUT2D eigenvalue weighted by molar-refractivity contribution is 0.0696. The van der Waals surface area contributed by atoms with Crippen molar-refractivity contribution in [2.24, 2.45) is 0 Å². The molecule has 72 valence electrons. The van der Waals surface area contributed by atoms with E-state index in [1.54, 1.807) is 0 Å². The van der Waals surface area contributed by atoms with Gasteiger partial charge in [-0.25, -0.2) is 9.78 Å². The van der Waals surface area contributed by atoms with Crippen LogP contribution in [0.15, 0.2) is 12.1 Å². The van der Waals surface area contributed by atoms with Crippen LogP contribution in [-0.2, 0) is 0 Å². The molecule has 0 aliphatic heterocycles. The lowest BCUT2D eigenvalue weighted by Crippen LogP contribution is -2.03. The van der Waals surface area contributed by atoms with Crippen molar-refractivity contribution in [3.05, 3.63) is 29.1 Å². The number of rotatable bonds is 2. The normalized spacial score (nSPS) is 9.86. The van der Waals surface area contributed by atoms with Crippen molar-refractivity contribution in [1.82, 2.24) is 4.98 Å².